The molecule has 0 saturated carbocycles. The summed E-state index contributed by atoms with van der Waals surface area (Å²) in [4.78, 5) is 69.3. The third-order valence-corrected chi connectivity index (χ3v) is 11.2. The largest absolute Gasteiger partial charge is 0.423 e. The number of ether oxygens (including phenoxy) is 1. The summed E-state index contributed by atoms with van der Waals surface area (Å²) in [6.07, 6.45) is 0.772. The molecule has 1 aliphatic rings. The highest BCUT2D eigenvalue weighted by Crippen LogP contribution is 2.48. The number of nitrogens with one attached hydrogen (secondary N) is 5. The van der Waals surface area contributed by atoms with E-state index in [0.717, 1.165) is 22.4 Å². The summed E-state index contributed by atoms with van der Waals surface area (Å²) in [5.41, 5.74) is 14.4. The van der Waals surface area contributed by atoms with Crippen molar-refractivity contribution < 1.29 is 37.9 Å². The van der Waals surface area contributed by atoms with Crippen molar-refractivity contribution in [3.05, 3.63) is 132 Å². The van der Waals surface area contributed by atoms with E-state index in [9.17, 15) is 28.6 Å². The number of guanidine groups is 1. The van der Waals surface area contributed by atoms with E-state index in [1.807, 2.05) is 72.8 Å². The molecule has 6 atom stereocenters. The van der Waals surface area contributed by atoms with Gasteiger partial charge in [0.1, 0.15) is 29.7 Å². The third-order valence-electron chi connectivity index (χ3n) is 9.60. The van der Waals surface area contributed by atoms with Crippen LogP contribution < -0.4 is 42.6 Å². The molecule has 1 aliphatic heterocycles. The Morgan fingerprint density at radius 1 is 0.814 bits per heavy atom. The number of para-hydroxylation sites is 2. The summed E-state index contributed by atoms with van der Waals surface area (Å²) < 4.78 is 25.3. The molecule has 4 aromatic rings. The number of carbonyl (C=O) groups is 4. The molecule has 5 rings (SSSR count). The molecule has 0 saturated heterocycles. The molecule has 59 heavy (non-hydrogen) atoms. The number of hydrogen-bond donors (Lipinski definition) is 8. The van der Waals surface area contributed by atoms with Gasteiger partial charge in [0.15, 0.2) is 5.96 Å². The monoisotopic (exact) mass is 826 g/mol. The molecule has 1 heterocycles. The second kappa shape index (κ2) is 22.1. The molecule has 0 fully saturated rings. The second-order valence-corrected chi connectivity index (χ2v) is 15.9. The van der Waals surface area contributed by atoms with Crippen LogP contribution in [0.2, 0.25) is 0 Å². The Morgan fingerprint density at radius 3 is 2.08 bits per heavy atom. The Morgan fingerprint density at radius 2 is 1.41 bits per heavy atom. The second-order valence-electron chi connectivity index (χ2n) is 14.0. The molecule has 0 spiro atoms. The van der Waals surface area contributed by atoms with Crippen LogP contribution in [-0.2, 0) is 41.5 Å². The van der Waals surface area contributed by atoms with Crippen LogP contribution >= 0.6 is 7.60 Å². The van der Waals surface area contributed by atoms with Crippen molar-refractivity contribution >= 4 is 43.4 Å². The first-order valence-electron chi connectivity index (χ1n) is 19.2. The molecule has 4 aromatic carbocycles. The van der Waals surface area contributed by atoms with E-state index in [2.05, 4.69) is 31.6 Å². The van der Waals surface area contributed by atoms with Gasteiger partial charge in [-0.15, -0.1) is 0 Å². The van der Waals surface area contributed by atoms with E-state index in [1.54, 1.807) is 30.3 Å². The van der Waals surface area contributed by atoms with Crippen LogP contribution in [0.15, 0.2) is 120 Å². The smallest absolute Gasteiger partial charge is 0.398 e. The Bertz CT molecular complexity index is 2060. The summed E-state index contributed by atoms with van der Waals surface area (Å²) >= 11 is 0. The van der Waals surface area contributed by atoms with E-state index < -0.39 is 49.2 Å². The normalized spacial score (nSPS) is 16.0. The number of nitrogens with two attached hydrogens (primary N) is 2. The summed E-state index contributed by atoms with van der Waals surface area (Å²) in [7, 11) is -4.61. The molecule has 4 amide bonds. The summed E-state index contributed by atoms with van der Waals surface area (Å²) in [5, 5.41) is 14.1. The van der Waals surface area contributed by atoms with E-state index in [1.165, 1.54) is 12.1 Å². The number of nitrogens with zero attached hydrogens (tertiary/aromatic N) is 1. The van der Waals surface area contributed by atoms with Gasteiger partial charge in [0.25, 0.3) is 0 Å². The van der Waals surface area contributed by atoms with Gasteiger partial charge < -0.3 is 52.2 Å². The number of benzene rings is 4. The maximum Gasteiger partial charge on any atom is 0.398 e. The lowest BCUT2D eigenvalue weighted by atomic mass is 9.93. The number of aliphatic imine (C=N–C) groups is 1. The Kier molecular flexibility index (Phi) is 16.4. The predicted molar refractivity (Wildman–Crippen MR) is 224 cm³/mol. The van der Waals surface area contributed by atoms with Crippen LogP contribution in [0.4, 0.5) is 5.69 Å². The highest BCUT2D eigenvalue weighted by Gasteiger charge is 2.39. The van der Waals surface area contributed by atoms with E-state index in [-0.39, 0.29) is 63.1 Å². The average molecular weight is 827 g/mol. The topological polar surface area (TPSA) is 249 Å². The number of carbonyl (C=O) groups excluding carboxylic acids is 4. The number of fused-ring (bicyclic) bond motifs is 1. The minimum atomic E-state index is -4.61. The van der Waals surface area contributed by atoms with Crippen LogP contribution in [0.5, 0.6) is 5.75 Å². The molecule has 10 N–H and O–H groups in total. The zero-order valence-corrected chi connectivity index (χ0v) is 33.3. The first-order chi connectivity index (χ1) is 28.5. The van der Waals surface area contributed by atoms with Crippen LogP contribution in [0.1, 0.15) is 41.9 Å². The van der Waals surface area contributed by atoms with E-state index in [4.69, 9.17) is 20.7 Å². The molecule has 0 bridgehead atoms. The summed E-state index contributed by atoms with van der Waals surface area (Å²) in [6.45, 7) is 0.385. The highest BCUT2D eigenvalue weighted by molar-refractivity contribution is 7.54. The van der Waals surface area contributed by atoms with Crippen molar-refractivity contribution in [2.24, 2.45) is 16.5 Å². The zero-order chi connectivity index (χ0) is 42.0. The first-order valence-corrected chi connectivity index (χ1v) is 20.9. The number of anilines is 1. The number of hydrogen-bond acceptors (Lipinski definition) is 9. The van der Waals surface area contributed by atoms with Gasteiger partial charge in [0.2, 0.25) is 24.1 Å². The Hall–Kier alpha value is -6.22. The maximum absolute atomic E-state index is 14.4. The molecule has 0 radical (unpaired) electrons. The van der Waals surface area contributed by atoms with Crippen molar-refractivity contribution in [1.29, 1.82) is 0 Å². The fourth-order valence-electron chi connectivity index (χ4n) is 6.61. The molecule has 312 valence electrons. The minimum Gasteiger partial charge on any atom is -0.423 e. The fraction of sp³-hybridized carbons (Fsp3) is 0.310. The molecule has 17 heteroatoms. The van der Waals surface area contributed by atoms with Crippen LogP contribution in [-0.4, -0.2) is 78.6 Å². The van der Waals surface area contributed by atoms with Gasteiger partial charge in [-0.3, -0.25) is 24.2 Å². The molecular formula is C42H51N8O8P. The van der Waals surface area contributed by atoms with Gasteiger partial charge in [0.05, 0.1) is 13.2 Å². The molecule has 0 aliphatic carbocycles. The molecule has 1 unspecified atom stereocenters. The maximum atomic E-state index is 14.4. The predicted octanol–water partition coefficient (Wildman–Crippen LogP) is 2.89. The lowest BCUT2D eigenvalue weighted by molar-refractivity contribution is -0.134. The van der Waals surface area contributed by atoms with Crippen molar-refractivity contribution in [3.8, 4) is 5.75 Å². The van der Waals surface area contributed by atoms with Crippen LogP contribution in [0.3, 0.4) is 0 Å². The van der Waals surface area contributed by atoms with Gasteiger partial charge in [0, 0.05) is 31.1 Å². The van der Waals surface area contributed by atoms with E-state index >= 15 is 0 Å². The first kappa shape index (κ1) is 43.9. The number of rotatable bonds is 23. The molecule has 16 nitrogen and oxygen atoms in total. The van der Waals surface area contributed by atoms with Crippen LogP contribution in [0.25, 0.3) is 0 Å². The summed E-state index contributed by atoms with van der Waals surface area (Å²) in [6, 6.07) is 30.2. The van der Waals surface area contributed by atoms with E-state index in [0.29, 0.717) is 13.0 Å². The SMILES string of the molecule is NC(N)=NCCC[C@H](NC(=O)[C@H](C[C@@H]1CNc2ccccc21)NC(=O)[C@H](COCc1ccccc1)NC(=O)[C@@H](Cc1ccccc1)NC=O)P(=O)(O)Oc1ccccc1. The van der Waals surface area contributed by atoms with Gasteiger partial charge in [-0.05, 0) is 54.2 Å². The van der Waals surface area contributed by atoms with Gasteiger partial charge >= 0.3 is 7.60 Å². The average Bonchev–Trinajstić information content (AvgIpc) is 3.64. The van der Waals surface area contributed by atoms with Crippen molar-refractivity contribution in [2.45, 2.75) is 62.1 Å². The standard InChI is InChI=1S/C42H51N8O8P/c43-42(44)45-22-12-21-38(59(55,56)58-32-17-8-3-9-18-32)50-40(53)36(24-31-25-46-34-20-11-10-19-33(31)34)48-41(54)37(27-57-26-30-15-6-2-7-16-30)49-39(52)35(47-28-51)23-29-13-4-1-5-14-29/h1-11,13-20,28,31,35-38,46H,12,21-27H2,(H,47,51)(H,48,54)(H,49,52)(H,50,53)(H,55,56)(H4,43,44,45)/t31-,35-,36+,37+,38-/m1/s1. The van der Waals surface area contributed by atoms with Gasteiger partial charge in [-0.1, -0.05) is 97.1 Å². The zero-order valence-electron chi connectivity index (χ0n) is 32.4. The Balaban J connectivity index is 1.41. The van der Waals surface area contributed by atoms with Crippen molar-refractivity contribution in [1.82, 2.24) is 21.3 Å². The van der Waals surface area contributed by atoms with Gasteiger partial charge in [-0.25, -0.2) is 4.57 Å². The van der Waals surface area contributed by atoms with Crippen LogP contribution in [0, 0.1) is 0 Å². The summed E-state index contributed by atoms with van der Waals surface area (Å²) in [5.74, 6) is -3.90. The number of amides is 4. The molecule has 0 aromatic heterocycles. The van der Waals surface area contributed by atoms with Gasteiger partial charge in [-0.2, -0.15) is 0 Å². The highest BCUT2D eigenvalue weighted by atomic mass is 31.2. The third kappa shape index (κ3) is 13.7. The molecular weight excluding hydrogens is 775 g/mol. The quantitative estimate of drug-likeness (QED) is 0.0178. The Labute approximate surface area is 343 Å². The fourth-order valence-corrected chi connectivity index (χ4v) is 7.96. The van der Waals surface area contributed by atoms with Crippen molar-refractivity contribution in [2.75, 3.05) is 25.0 Å². The minimum absolute atomic E-state index is 0.0594. The lowest BCUT2D eigenvalue weighted by Gasteiger charge is -2.29. The van der Waals surface area contributed by atoms with Crippen molar-refractivity contribution in [3.63, 3.8) is 0 Å². The lowest BCUT2D eigenvalue weighted by Crippen LogP contribution is -2.58.